The van der Waals surface area contributed by atoms with Crippen molar-refractivity contribution in [2.75, 3.05) is 12.3 Å². The number of fused-ring (bicyclic) bond motifs is 1. The second kappa shape index (κ2) is 9.52. The zero-order valence-electron chi connectivity index (χ0n) is 18.7. The lowest BCUT2D eigenvalue weighted by atomic mass is 9.91. The number of nitrogens with zero attached hydrogens (tertiary/aromatic N) is 3. The van der Waals surface area contributed by atoms with E-state index in [-0.39, 0.29) is 18.6 Å². The first-order chi connectivity index (χ1) is 16.6. The summed E-state index contributed by atoms with van der Waals surface area (Å²) in [6.45, 7) is -0.000325. The van der Waals surface area contributed by atoms with Gasteiger partial charge in [0.2, 0.25) is 0 Å². The van der Waals surface area contributed by atoms with Crippen LogP contribution in [0.3, 0.4) is 0 Å². The van der Waals surface area contributed by atoms with E-state index in [0.29, 0.717) is 5.82 Å². The third-order valence-electron chi connectivity index (χ3n) is 6.41. The average Bonchev–Trinajstić information content (AvgIpc) is 3.25. The Kier molecular flexibility index (Phi) is 6.14. The topological polar surface area (TPSA) is 115 Å². The molecule has 2 aromatic heterocycles. The normalized spacial score (nSPS) is 18.1. The number of ether oxygens (including phenoxy) is 1. The van der Waals surface area contributed by atoms with Gasteiger partial charge in [0.25, 0.3) is 0 Å². The number of aromatic nitrogens is 3. The third kappa shape index (κ3) is 4.58. The quantitative estimate of drug-likeness (QED) is 0.370. The van der Waals surface area contributed by atoms with E-state index in [0.717, 1.165) is 59.3 Å². The lowest BCUT2D eigenvalue weighted by molar-refractivity contribution is -0.136. The molecule has 2 heterocycles. The van der Waals surface area contributed by atoms with Crippen molar-refractivity contribution in [1.29, 1.82) is 0 Å². The molecule has 0 saturated heterocycles. The van der Waals surface area contributed by atoms with Crippen molar-refractivity contribution in [1.82, 2.24) is 19.9 Å². The van der Waals surface area contributed by atoms with Crippen LogP contribution in [0, 0.1) is 0 Å². The molecule has 4 aromatic rings. The largest absolute Gasteiger partial charge is 0.480 e. The molecule has 1 aliphatic rings. The van der Waals surface area contributed by atoms with Gasteiger partial charge in [0, 0.05) is 23.8 Å². The standard InChI is InChI=1S/C26H27N5O3/c27-25-24-22(17-6-12-21(13-7-17)34-20-4-2-1-3-5-20)15-31(26(24)30-16-29-25)19-10-8-18(9-11-19)28-14-23(32)33/h1-7,12-13,15-16,18-19,28H,8-11,14H2,(H,32,33)(H2,27,29,30)/t18-,19-. The van der Waals surface area contributed by atoms with Crippen molar-refractivity contribution >= 4 is 22.8 Å². The molecule has 0 atom stereocenters. The van der Waals surface area contributed by atoms with E-state index in [1.807, 2.05) is 54.6 Å². The summed E-state index contributed by atoms with van der Waals surface area (Å²) in [6, 6.07) is 18.1. The minimum atomic E-state index is -0.824. The van der Waals surface area contributed by atoms with Crippen LogP contribution in [0.25, 0.3) is 22.2 Å². The number of hydrogen-bond donors (Lipinski definition) is 3. The van der Waals surface area contributed by atoms with Crippen LogP contribution >= 0.6 is 0 Å². The fraction of sp³-hybridized carbons (Fsp3) is 0.269. The molecule has 0 bridgehead atoms. The molecule has 8 nitrogen and oxygen atoms in total. The number of nitrogens with one attached hydrogen (secondary N) is 1. The average molecular weight is 458 g/mol. The highest BCUT2D eigenvalue weighted by atomic mass is 16.5. The van der Waals surface area contributed by atoms with Gasteiger partial charge in [-0.2, -0.15) is 0 Å². The van der Waals surface area contributed by atoms with Crippen LogP contribution < -0.4 is 15.8 Å². The van der Waals surface area contributed by atoms with Crippen molar-refractivity contribution in [2.45, 2.75) is 37.8 Å². The SMILES string of the molecule is Nc1ncnc2c1c(-c1ccc(Oc3ccccc3)cc1)cn2[C@H]1CC[C@H](NCC(=O)O)CC1. The summed E-state index contributed by atoms with van der Waals surface area (Å²) in [4.78, 5) is 19.7. The molecule has 2 aromatic carbocycles. The number of rotatable bonds is 7. The zero-order valence-corrected chi connectivity index (χ0v) is 18.7. The van der Waals surface area contributed by atoms with Crippen LogP contribution in [0.15, 0.2) is 67.1 Å². The lowest BCUT2D eigenvalue weighted by Gasteiger charge is -2.30. The number of para-hydroxylation sites is 1. The smallest absolute Gasteiger partial charge is 0.317 e. The molecular weight excluding hydrogens is 430 g/mol. The Morgan fingerprint density at radius 1 is 1.03 bits per heavy atom. The second-order valence-electron chi connectivity index (χ2n) is 8.63. The zero-order chi connectivity index (χ0) is 23.5. The summed E-state index contributed by atoms with van der Waals surface area (Å²) in [5, 5.41) is 12.9. The van der Waals surface area contributed by atoms with E-state index in [1.54, 1.807) is 0 Å². The molecule has 4 N–H and O–H groups in total. The van der Waals surface area contributed by atoms with Crippen LogP contribution in [0.4, 0.5) is 5.82 Å². The van der Waals surface area contributed by atoms with Crippen LogP contribution in [-0.2, 0) is 4.79 Å². The van der Waals surface area contributed by atoms with Gasteiger partial charge in [0.15, 0.2) is 0 Å². The predicted molar refractivity (Wildman–Crippen MR) is 131 cm³/mol. The van der Waals surface area contributed by atoms with Crippen LogP contribution in [0.2, 0.25) is 0 Å². The maximum Gasteiger partial charge on any atom is 0.317 e. The third-order valence-corrected chi connectivity index (χ3v) is 6.41. The van der Waals surface area contributed by atoms with Crippen molar-refractivity contribution in [3.05, 3.63) is 67.1 Å². The van der Waals surface area contributed by atoms with Gasteiger partial charge in [-0.05, 0) is 55.5 Å². The molecule has 0 aliphatic heterocycles. The molecule has 8 heteroatoms. The Hall–Kier alpha value is -3.91. The Morgan fingerprint density at radius 3 is 2.44 bits per heavy atom. The number of aliphatic carboxylic acids is 1. The van der Waals surface area contributed by atoms with E-state index in [9.17, 15) is 4.79 Å². The molecule has 1 saturated carbocycles. The van der Waals surface area contributed by atoms with Crippen molar-refractivity contribution in [2.24, 2.45) is 0 Å². The summed E-state index contributed by atoms with van der Waals surface area (Å²) in [5.74, 6) is 1.18. The second-order valence-corrected chi connectivity index (χ2v) is 8.63. The fourth-order valence-corrected chi connectivity index (χ4v) is 4.72. The Morgan fingerprint density at radius 2 is 1.74 bits per heavy atom. The number of anilines is 1. The molecule has 34 heavy (non-hydrogen) atoms. The highest BCUT2D eigenvalue weighted by molar-refractivity contribution is 6.00. The van der Waals surface area contributed by atoms with Crippen molar-refractivity contribution < 1.29 is 14.6 Å². The van der Waals surface area contributed by atoms with Crippen molar-refractivity contribution in [3.63, 3.8) is 0 Å². The molecule has 0 unspecified atom stereocenters. The summed E-state index contributed by atoms with van der Waals surface area (Å²) in [5.41, 5.74) is 9.14. The molecule has 0 radical (unpaired) electrons. The molecule has 1 fully saturated rings. The summed E-state index contributed by atoms with van der Waals surface area (Å²) < 4.78 is 8.14. The van der Waals surface area contributed by atoms with E-state index < -0.39 is 5.97 Å². The number of carboxylic acid groups (broad SMARTS) is 1. The van der Waals surface area contributed by atoms with Crippen LogP contribution in [-0.4, -0.2) is 38.2 Å². The monoisotopic (exact) mass is 457 g/mol. The van der Waals surface area contributed by atoms with Gasteiger partial charge in [-0.25, -0.2) is 9.97 Å². The van der Waals surface area contributed by atoms with Crippen LogP contribution in [0.1, 0.15) is 31.7 Å². The first-order valence-electron chi connectivity index (χ1n) is 11.5. The Bertz CT molecular complexity index is 1280. The van der Waals surface area contributed by atoms with Gasteiger partial charge in [-0.15, -0.1) is 0 Å². The first kappa shape index (κ1) is 21.9. The van der Waals surface area contributed by atoms with Gasteiger partial charge in [-0.3, -0.25) is 4.79 Å². The van der Waals surface area contributed by atoms with Crippen LogP contribution in [0.5, 0.6) is 11.5 Å². The maximum atomic E-state index is 10.9. The predicted octanol–water partition coefficient (Wildman–Crippen LogP) is 4.63. The number of hydrogen-bond acceptors (Lipinski definition) is 6. The van der Waals surface area contributed by atoms with E-state index in [2.05, 4.69) is 26.0 Å². The van der Waals surface area contributed by atoms with Gasteiger partial charge in [0.1, 0.15) is 29.3 Å². The van der Waals surface area contributed by atoms with E-state index >= 15 is 0 Å². The fourth-order valence-electron chi connectivity index (χ4n) is 4.72. The molecule has 5 rings (SSSR count). The number of nitrogen functional groups attached to an aromatic ring is 1. The number of carbonyl (C=O) groups is 1. The summed E-state index contributed by atoms with van der Waals surface area (Å²) >= 11 is 0. The Labute approximate surface area is 197 Å². The van der Waals surface area contributed by atoms with Gasteiger partial charge < -0.3 is 25.5 Å². The highest BCUT2D eigenvalue weighted by Gasteiger charge is 2.26. The van der Waals surface area contributed by atoms with E-state index in [4.69, 9.17) is 15.6 Å². The maximum absolute atomic E-state index is 10.9. The number of benzene rings is 2. The molecule has 1 aliphatic carbocycles. The highest BCUT2D eigenvalue weighted by Crippen LogP contribution is 2.38. The molecule has 174 valence electrons. The van der Waals surface area contributed by atoms with Gasteiger partial charge in [0.05, 0.1) is 11.9 Å². The van der Waals surface area contributed by atoms with Crippen molar-refractivity contribution in [3.8, 4) is 22.6 Å². The summed E-state index contributed by atoms with van der Waals surface area (Å²) in [6.07, 6.45) is 7.34. The van der Waals surface area contributed by atoms with E-state index in [1.165, 1.54) is 6.33 Å². The minimum Gasteiger partial charge on any atom is -0.480 e. The molecular formula is C26H27N5O3. The minimum absolute atomic E-state index is 0.000325. The lowest BCUT2D eigenvalue weighted by Crippen LogP contribution is -2.36. The molecule has 0 spiro atoms. The molecule has 0 amide bonds. The number of carboxylic acids is 1. The van der Waals surface area contributed by atoms with Gasteiger partial charge >= 0.3 is 5.97 Å². The van der Waals surface area contributed by atoms with Gasteiger partial charge in [-0.1, -0.05) is 30.3 Å². The first-order valence-corrected chi connectivity index (χ1v) is 11.5. The Balaban J connectivity index is 1.40. The number of nitrogens with two attached hydrogens (primary N) is 1. The summed E-state index contributed by atoms with van der Waals surface area (Å²) in [7, 11) is 0.